The van der Waals surface area contributed by atoms with Gasteiger partial charge in [0.1, 0.15) is 5.76 Å². The van der Waals surface area contributed by atoms with Gasteiger partial charge in [0.05, 0.1) is 5.69 Å². The summed E-state index contributed by atoms with van der Waals surface area (Å²) in [5, 5.41) is 1.10. The molecule has 2 aromatic rings. The molecule has 2 N–H and O–H groups in total. The van der Waals surface area contributed by atoms with Gasteiger partial charge in [-0.2, -0.15) is 0 Å². The summed E-state index contributed by atoms with van der Waals surface area (Å²) in [6.07, 6.45) is 2.08. The number of para-hydroxylation sites is 1. The van der Waals surface area contributed by atoms with Crippen molar-refractivity contribution in [3.63, 3.8) is 0 Å². The molecule has 84 valence electrons. The highest BCUT2D eigenvalue weighted by Crippen LogP contribution is 2.33. The van der Waals surface area contributed by atoms with Crippen LogP contribution in [0, 0.1) is 0 Å². The van der Waals surface area contributed by atoms with Crippen molar-refractivity contribution in [2.24, 2.45) is 0 Å². The fourth-order valence-corrected chi connectivity index (χ4v) is 2.29. The third kappa shape index (κ3) is 1.57. The number of nitrogen functional groups attached to an aromatic ring is 1. The molecular weight excluding hydrogens is 202 g/mol. The highest BCUT2D eigenvalue weighted by Gasteiger charge is 2.20. The topological polar surface area (TPSA) is 48.4 Å². The summed E-state index contributed by atoms with van der Waals surface area (Å²) in [6, 6.07) is 7.99. The number of ether oxygens (including phenoxy) is 1. The smallest absolute Gasteiger partial charge is 0.157 e. The monoisotopic (exact) mass is 217 g/mol. The van der Waals surface area contributed by atoms with E-state index in [1.54, 1.807) is 0 Å². The summed E-state index contributed by atoms with van der Waals surface area (Å²) < 4.78 is 11.2. The van der Waals surface area contributed by atoms with E-state index < -0.39 is 0 Å². The zero-order valence-electron chi connectivity index (χ0n) is 9.11. The minimum Gasteiger partial charge on any atom is -0.459 e. The van der Waals surface area contributed by atoms with Crippen LogP contribution in [0.4, 0.5) is 5.69 Å². The van der Waals surface area contributed by atoms with Gasteiger partial charge in [0, 0.05) is 24.5 Å². The SMILES string of the molecule is Nc1cccc2cc(C3CCOCC3)oc12. The van der Waals surface area contributed by atoms with Crippen LogP contribution >= 0.6 is 0 Å². The van der Waals surface area contributed by atoms with Crippen LogP contribution in [0.1, 0.15) is 24.5 Å². The molecule has 3 heteroatoms. The maximum Gasteiger partial charge on any atom is 0.157 e. The molecule has 0 bridgehead atoms. The lowest BCUT2D eigenvalue weighted by Gasteiger charge is -2.19. The molecule has 1 aliphatic heterocycles. The quantitative estimate of drug-likeness (QED) is 0.747. The molecule has 0 spiro atoms. The van der Waals surface area contributed by atoms with Gasteiger partial charge in [0.15, 0.2) is 5.58 Å². The van der Waals surface area contributed by atoms with Crippen molar-refractivity contribution in [2.75, 3.05) is 18.9 Å². The Morgan fingerprint density at radius 2 is 2.00 bits per heavy atom. The van der Waals surface area contributed by atoms with Gasteiger partial charge in [-0.3, -0.25) is 0 Å². The number of nitrogens with two attached hydrogens (primary N) is 1. The number of furan rings is 1. The number of benzene rings is 1. The molecule has 0 unspecified atom stereocenters. The van der Waals surface area contributed by atoms with E-state index in [1.807, 2.05) is 18.2 Å². The van der Waals surface area contributed by atoms with Gasteiger partial charge in [-0.1, -0.05) is 12.1 Å². The number of hydrogen-bond acceptors (Lipinski definition) is 3. The maximum atomic E-state index is 5.88. The zero-order chi connectivity index (χ0) is 11.0. The van der Waals surface area contributed by atoms with E-state index in [0.717, 1.165) is 48.5 Å². The van der Waals surface area contributed by atoms with Crippen molar-refractivity contribution in [2.45, 2.75) is 18.8 Å². The first kappa shape index (κ1) is 9.73. The van der Waals surface area contributed by atoms with Gasteiger partial charge in [0.2, 0.25) is 0 Å². The Labute approximate surface area is 94.2 Å². The third-order valence-corrected chi connectivity index (χ3v) is 3.22. The zero-order valence-corrected chi connectivity index (χ0v) is 9.11. The average molecular weight is 217 g/mol. The number of fused-ring (bicyclic) bond motifs is 1. The van der Waals surface area contributed by atoms with E-state index in [-0.39, 0.29) is 0 Å². The molecule has 1 aliphatic rings. The van der Waals surface area contributed by atoms with Crippen molar-refractivity contribution in [3.8, 4) is 0 Å². The molecular formula is C13H15NO2. The van der Waals surface area contributed by atoms with Crippen molar-refractivity contribution in [3.05, 3.63) is 30.0 Å². The highest BCUT2D eigenvalue weighted by atomic mass is 16.5. The highest BCUT2D eigenvalue weighted by molar-refractivity contribution is 5.88. The van der Waals surface area contributed by atoms with E-state index in [2.05, 4.69) is 6.07 Å². The molecule has 0 saturated carbocycles. The minimum absolute atomic E-state index is 0.487. The second kappa shape index (κ2) is 3.83. The van der Waals surface area contributed by atoms with Crippen LogP contribution in [0.2, 0.25) is 0 Å². The van der Waals surface area contributed by atoms with Crippen molar-refractivity contribution >= 4 is 16.7 Å². The van der Waals surface area contributed by atoms with Gasteiger partial charge in [-0.25, -0.2) is 0 Å². The summed E-state index contributed by atoms with van der Waals surface area (Å²) in [4.78, 5) is 0. The average Bonchev–Trinajstić information content (AvgIpc) is 2.76. The normalized spacial score (nSPS) is 18.0. The first-order chi connectivity index (χ1) is 7.84. The molecule has 16 heavy (non-hydrogen) atoms. The van der Waals surface area contributed by atoms with Gasteiger partial charge >= 0.3 is 0 Å². The predicted octanol–water partition coefficient (Wildman–Crippen LogP) is 2.91. The Hall–Kier alpha value is -1.48. The van der Waals surface area contributed by atoms with E-state index in [4.69, 9.17) is 14.9 Å². The molecule has 1 aromatic heterocycles. The van der Waals surface area contributed by atoms with Crippen LogP contribution in [-0.4, -0.2) is 13.2 Å². The first-order valence-corrected chi connectivity index (χ1v) is 5.70. The minimum atomic E-state index is 0.487. The maximum absolute atomic E-state index is 5.88. The standard InChI is InChI=1S/C13H15NO2/c14-11-3-1-2-10-8-12(16-13(10)11)9-4-6-15-7-5-9/h1-3,8-9H,4-7,14H2. The molecule has 1 saturated heterocycles. The van der Waals surface area contributed by atoms with E-state index in [1.165, 1.54) is 0 Å². The molecule has 2 heterocycles. The Morgan fingerprint density at radius 1 is 1.19 bits per heavy atom. The molecule has 0 amide bonds. The molecule has 0 atom stereocenters. The summed E-state index contributed by atoms with van der Waals surface area (Å²) in [6.45, 7) is 1.66. The van der Waals surface area contributed by atoms with Crippen molar-refractivity contribution in [1.29, 1.82) is 0 Å². The van der Waals surface area contributed by atoms with Crippen LogP contribution in [0.5, 0.6) is 0 Å². The summed E-state index contributed by atoms with van der Waals surface area (Å²) >= 11 is 0. The second-order valence-electron chi connectivity index (χ2n) is 4.30. The van der Waals surface area contributed by atoms with Crippen molar-refractivity contribution < 1.29 is 9.15 Å². The number of anilines is 1. The molecule has 1 fully saturated rings. The molecule has 0 radical (unpaired) electrons. The molecule has 3 rings (SSSR count). The van der Waals surface area contributed by atoms with Crippen LogP contribution < -0.4 is 5.73 Å². The summed E-state index contributed by atoms with van der Waals surface area (Å²) in [5.41, 5.74) is 7.42. The molecule has 1 aromatic carbocycles. The van der Waals surface area contributed by atoms with Gasteiger partial charge in [-0.15, -0.1) is 0 Å². The van der Waals surface area contributed by atoms with Crippen molar-refractivity contribution in [1.82, 2.24) is 0 Å². The lowest BCUT2D eigenvalue weighted by Crippen LogP contribution is -2.13. The van der Waals surface area contributed by atoms with E-state index >= 15 is 0 Å². The molecule has 3 nitrogen and oxygen atoms in total. The van der Waals surface area contributed by atoms with E-state index in [0.29, 0.717) is 5.92 Å². The lowest BCUT2D eigenvalue weighted by atomic mass is 9.97. The predicted molar refractivity (Wildman–Crippen MR) is 63.4 cm³/mol. The Balaban J connectivity index is 2.01. The lowest BCUT2D eigenvalue weighted by molar-refractivity contribution is 0.0810. The number of hydrogen-bond donors (Lipinski definition) is 1. The Bertz CT molecular complexity index is 498. The summed E-state index contributed by atoms with van der Waals surface area (Å²) in [7, 11) is 0. The number of rotatable bonds is 1. The Kier molecular flexibility index (Phi) is 2.33. The largest absolute Gasteiger partial charge is 0.459 e. The fourth-order valence-electron chi connectivity index (χ4n) is 2.29. The van der Waals surface area contributed by atoms with Crippen LogP contribution in [-0.2, 0) is 4.74 Å². The second-order valence-corrected chi connectivity index (χ2v) is 4.30. The summed E-state index contributed by atoms with van der Waals surface area (Å²) in [5.74, 6) is 1.54. The van der Waals surface area contributed by atoms with Crippen LogP contribution in [0.25, 0.3) is 11.0 Å². The third-order valence-electron chi connectivity index (χ3n) is 3.22. The van der Waals surface area contributed by atoms with E-state index in [9.17, 15) is 0 Å². The first-order valence-electron chi connectivity index (χ1n) is 5.70. The van der Waals surface area contributed by atoms with Gasteiger partial charge in [-0.05, 0) is 25.0 Å². The van der Waals surface area contributed by atoms with Gasteiger partial charge in [0.25, 0.3) is 0 Å². The fraction of sp³-hybridized carbons (Fsp3) is 0.385. The van der Waals surface area contributed by atoms with Crippen LogP contribution in [0.15, 0.2) is 28.7 Å². The van der Waals surface area contributed by atoms with Crippen LogP contribution in [0.3, 0.4) is 0 Å². The molecule has 0 aliphatic carbocycles. The Morgan fingerprint density at radius 3 is 2.75 bits per heavy atom. The van der Waals surface area contributed by atoms with Gasteiger partial charge < -0.3 is 14.9 Å².